The molecule has 0 aromatic heterocycles. The monoisotopic (exact) mass is 299 g/mol. The molecule has 1 heterocycles. The van der Waals surface area contributed by atoms with Crippen LogP contribution in [0.5, 0.6) is 0 Å². The summed E-state index contributed by atoms with van der Waals surface area (Å²) in [5, 5.41) is 0. The summed E-state index contributed by atoms with van der Waals surface area (Å²) in [5.41, 5.74) is 0. The van der Waals surface area contributed by atoms with E-state index in [0.29, 0.717) is 6.54 Å². The molecular weight excluding hydrogens is 288 g/mol. The van der Waals surface area contributed by atoms with Gasteiger partial charge in [0.1, 0.15) is 0 Å². The number of likely N-dealkylation sites (tertiary alicyclic amines) is 1. The van der Waals surface area contributed by atoms with Gasteiger partial charge in [0.15, 0.2) is 0 Å². The standard InChI is InChI=1S/C10H12Cl3NO3/c1-7(15)17-6-4-8-3-2-5-14(8)9(16)10(11,12)13/h4,6,8H,2-3,5H2,1H3/t8-/m0/s1. The number of nitrogens with zero attached hydrogens (tertiary/aromatic N) is 1. The summed E-state index contributed by atoms with van der Waals surface area (Å²) in [7, 11) is 0. The van der Waals surface area contributed by atoms with Crippen molar-refractivity contribution in [3.63, 3.8) is 0 Å². The molecule has 7 heteroatoms. The van der Waals surface area contributed by atoms with E-state index < -0.39 is 15.7 Å². The van der Waals surface area contributed by atoms with Crippen molar-refractivity contribution in [1.82, 2.24) is 4.90 Å². The van der Waals surface area contributed by atoms with E-state index in [-0.39, 0.29) is 6.04 Å². The summed E-state index contributed by atoms with van der Waals surface area (Å²) < 4.78 is 2.71. The van der Waals surface area contributed by atoms with E-state index in [2.05, 4.69) is 4.74 Å². The maximum absolute atomic E-state index is 11.8. The summed E-state index contributed by atoms with van der Waals surface area (Å²) in [6.45, 7) is 1.82. The van der Waals surface area contributed by atoms with Crippen LogP contribution in [0.4, 0.5) is 0 Å². The maximum atomic E-state index is 11.8. The molecule has 0 spiro atoms. The predicted octanol–water partition coefficient (Wildman–Crippen LogP) is 2.42. The van der Waals surface area contributed by atoms with Gasteiger partial charge in [-0.2, -0.15) is 0 Å². The Hall–Kier alpha value is -0.450. The number of rotatable bonds is 2. The second kappa shape index (κ2) is 5.94. The van der Waals surface area contributed by atoms with Gasteiger partial charge < -0.3 is 9.64 Å². The number of hydrogen-bond donors (Lipinski definition) is 0. The molecule has 17 heavy (non-hydrogen) atoms. The van der Waals surface area contributed by atoms with Gasteiger partial charge >= 0.3 is 5.97 Å². The van der Waals surface area contributed by atoms with Crippen molar-refractivity contribution in [3.05, 3.63) is 12.3 Å². The lowest BCUT2D eigenvalue weighted by Gasteiger charge is -2.25. The first-order valence-corrected chi connectivity index (χ1v) is 6.17. The van der Waals surface area contributed by atoms with E-state index in [1.165, 1.54) is 18.1 Å². The molecule has 0 bridgehead atoms. The molecule has 1 saturated heterocycles. The van der Waals surface area contributed by atoms with Crippen molar-refractivity contribution in [1.29, 1.82) is 0 Å². The molecule has 0 N–H and O–H groups in total. The first-order valence-electron chi connectivity index (χ1n) is 5.04. The quantitative estimate of drug-likeness (QED) is 0.447. The van der Waals surface area contributed by atoms with Crippen LogP contribution >= 0.6 is 34.8 Å². The van der Waals surface area contributed by atoms with E-state index in [4.69, 9.17) is 34.8 Å². The van der Waals surface area contributed by atoms with Gasteiger partial charge in [0.2, 0.25) is 0 Å². The van der Waals surface area contributed by atoms with Crippen molar-refractivity contribution in [2.24, 2.45) is 0 Å². The lowest BCUT2D eigenvalue weighted by molar-refractivity contribution is -0.135. The molecule has 1 amide bonds. The first kappa shape index (κ1) is 14.6. The first-order chi connectivity index (χ1) is 7.82. The van der Waals surface area contributed by atoms with Gasteiger partial charge in [-0.05, 0) is 18.9 Å². The van der Waals surface area contributed by atoms with Crippen LogP contribution in [0.2, 0.25) is 0 Å². The molecule has 1 aliphatic rings. The second-order valence-corrected chi connectivity index (χ2v) is 5.93. The highest BCUT2D eigenvalue weighted by atomic mass is 35.6. The van der Waals surface area contributed by atoms with Gasteiger partial charge in [0.25, 0.3) is 9.70 Å². The molecule has 0 aromatic rings. The normalized spacial score (nSPS) is 20.9. The average Bonchev–Trinajstić information content (AvgIpc) is 2.62. The number of carbonyl (C=O) groups excluding carboxylic acids is 2. The Morgan fingerprint density at radius 3 is 2.59 bits per heavy atom. The molecular formula is C10H12Cl3NO3. The van der Waals surface area contributed by atoms with E-state index in [0.717, 1.165) is 12.8 Å². The SMILES string of the molecule is CC(=O)OC=C[C@@H]1CCCN1C(=O)C(Cl)(Cl)Cl. The number of amides is 1. The summed E-state index contributed by atoms with van der Waals surface area (Å²) in [6.07, 6.45) is 4.45. The number of alkyl halides is 3. The maximum Gasteiger partial charge on any atom is 0.307 e. The molecule has 0 radical (unpaired) electrons. The zero-order chi connectivity index (χ0) is 13.1. The third-order valence-corrected chi connectivity index (χ3v) is 2.82. The minimum Gasteiger partial charge on any atom is -0.435 e. The van der Waals surface area contributed by atoms with Gasteiger partial charge in [0.05, 0.1) is 12.3 Å². The minimum absolute atomic E-state index is 0.197. The molecule has 0 aromatic carbocycles. The van der Waals surface area contributed by atoms with E-state index >= 15 is 0 Å². The number of esters is 1. The lowest BCUT2D eigenvalue weighted by Crippen LogP contribution is -2.41. The Labute approximate surface area is 114 Å². The van der Waals surface area contributed by atoms with Crippen molar-refractivity contribution < 1.29 is 14.3 Å². The van der Waals surface area contributed by atoms with Gasteiger partial charge in [-0.15, -0.1) is 0 Å². The van der Waals surface area contributed by atoms with Gasteiger partial charge in [-0.1, -0.05) is 34.8 Å². The van der Waals surface area contributed by atoms with Crippen LogP contribution in [0.1, 0.15) is 19.8 Å². The number of carbonyl (C=O) groups is 2. The Morgan fingerprint density at radius 2 is 2.06 bits per heavy atom. The van der Waals surface area contributed by atoms with Gasteiger partial charge in [0, 0.05) is 13.5 Å². The zero-order valence-electron chi connectivity index (χ0n) is 9.16. The van der Waals surface area contributed by atoms with Crippen LogP contribution in [0, 0.1) is 0 Å². The Kier molecular flexibility index (Phi) is 5.10. The largest absolute Gasteiger partial charge is 0.435 e. The van der Waals surface area contributed by atoms with Crippen LogP contribution in [0.25, 0.3) is 0 Å². The molecule has 1 rings (SSSR count). The summed E-state index contributed by atoms with van der Waals surface area (Å²) in [5.74, 6) is -0.976. The van der Waals surface area contributed by atoms with Crippen molar-refractivity contribution >= 4 is 46.7 Å². The third kappa shape index (κ3) is 4.37. The lowest BCUT2D eigenvalue weighted by atomic mass is 10.2. The highest BCUT2D eigenvalue weighted by Gasteiger charge is 2.39. The number of halogens is 3. The Morgan fingerprint density at radius 1 is 1.41 bits per heavy atom. The Bertz CT molecular complexity index is 338. The van der Waals surface area contributed by atoms with Crippen LogP contribution in [-0.2, 0) is 14.3 Å². The molecule has 1 aliphatic heterocycles. The van der Waals surface area contributed by atoms with Crippen molar-refractivity contribution in [2.45, 2.75) is 29.6 Å². The smallest absolute Gasteiger partial charge is 0.307 e. The predicted molar refractivity (Wildman–Crippen MR) is 65.9 cm³/mol. The molecule has 0 aliphatic carbocycles. The van der Waals surface area contributed by atoms with Crippen molar-refractivity contribution in [2.75, 3.05) is 6.54 Å². The molecule has 4 nitrogen and oxygen atoms in total. The third-order valence-electron chi connectivity index (χ3n) is 2.34. The van der Waals surface area contributed by atoms with Gasteiger partial charge in [-0.3, -0.25) is 9.59 Å². The Balaban J connectivity index is 2.64. The van der Waals surface area contributed by atoms with Crippen LogP contribution in [0.3, 0.4) is 0 Å². The summed E-state index contributed by atoms with van der Waals surface area (Å²) >= 11 is 16.6. The number of ether oxygens (including phenoxy) is 1. The summed E-state index contributed by atoms with van der Waals surface area (Å²) in [4.78, 5) is 23.8. The highest BCUT2D eigenvalue weighted by molar-refractivity contribution is 6.76. The topological polar surface area (TPSA) is 46.6 Å². The van der Waals surface area contributed by atoms with E-state index in [1.807, 2.05) is 0 Å². The fourth-order valence-corrected chi connectivity index (χ4v) is 1.96. The molecule has 96 valence electrons. The van der Waals surface area contributed by atoms with Crippen LogP contribution < -0.4 is 0 Å². The zero-order valence-corrected chi connectivity index (χ0v) is 11.4. The molecule has 0 saturated carbocycles. The van der Waals surface area contributed by atoms with Crippen LogP contribution in [0.15, 0.2) is 12.3 Å². The van der Waals surface area contributed by atoms with E-state index in [1.54, 1.807) is 6.08 Å². The fraction of sp³-hybridized carbons (Fsp3) is 0.600. The molecule has 0 unspecified atom stereocenters. The van der Waals surface area contributed by atoms with Crippen LogP contribution in [-0.4, -0.2) is 33.2 Å². The second-order valence-electron chi connectivity index (χ2n) is 3.64. The molecule has 1 fully saturated rings. The van der Waals surface area contributed by atoms with Gasteiger partial charge in [-0.25, -0.2) is 0 Å². The average molecular weight is 301 g/mol. The van der Waals surface area contributed by atoms with Crippen molar-refractivity contribution in [3.8, 4) is 0 Å². The summed E-state index contributed by atoms with van der Waals surface area (Å²) in [6, 6.07) is -0.197. The van der Waals surface area contributed by atoms with E-state index in [9.17, 15) is 9.59 Å². The minimum atomic E-state index is -1.95. The molecule has 1 atom stereocenters. The fourth-order valence-electron chi connectivity index (χ4n) is 1.63. The number of hydrogen-bond acceptors (Lipinski definition) is 3. The highest BCUT2D eigenvalue weighted by Crippen LogP contribution is 2.32.